The molecule has 0 radical (unpaired) electrons. The van der Waals surface area contributed by atoms with Crippen LogP contribution < -0.4 is 0 Å². The Labute approximate surface area is 130 Å². The first-order chi connectivity index (χ1) is 9.02. The van der Waals surface area contributed by atoms with E-state index in [4.69, 9.17) is 16.8 Å². The molecule has 4 nitrogen and oxygen atoms in total. The molecule has 1 fully saturated rings. The largest absolute Gasteiger partial charge is 0.411 e. The highest BCUT2D eigenvalue weighted by atomic mass is 127. The minimum Gasteiger partial charge on any atom is -0.411 e. The summed E-state index contributed by atoms with van der Waals surface area (Å²) in [5, 5.41) is 12.7. The maximum Gasteiger partial charge on any atom is 0.255 e. The molecule has 0 saturated carbocycles. The summed E-state index contributed by atoms with van der Waals surface area (Å²) >= 11 is 8.08. The average Bonchev–Trinajstić information content (AvgIpc) is 2.40. The van der Waals surface area contributed by atoms with Gasteiger partial charge >= 0.3 is 0 Å². The molecule has 1 saturated heterocycles. The van der Waals surface area contributed by atoms with Crippen molar-refractivity contribution in [3.63, 3.8) is 0 Å². The normalized spacial score (nSPS) is 21.7. The topological polar surface area (TPSA) is 52.9 Å². The number of benzene rings is 1. The number of nitrogens with zero attached hydrogens (tertiary/aromatic N) is 2. The summed E-state index contributed by atoms with van der Waals surface area (Å²) in [7, 11) is 0. The Kier molecular flexibility index (Phi) is 4.67. The van der Waals surface area contributed by atoms with Gasteiger partial charge in [0.2, 0.25) is 0 Å². The highest BCUT2D eigenvalue weighted by Crippen LogP contribution is 2.22. The maximum atomic E-state index is 12.5. The SMILES string of the molecule is CC1CN(C(=O)c2cc(Cl)ccc2I)CC/C1=N\O. The molecule has 102 valence electrons. The molecule has 1 aliphatic heterocycles. The number of oxime groups is 1. The van der Waals surface area contributed by atoms with Crippen molar-refractivity contribution in [2.75, 3.05) is 13.1 Å². The van der Waals surface area contributed by atoms with E-state index >= 15 is 0 Å². The summed E-state index contributed by atoms with van der Waals surface area (Å²) in [5.41, 5.74) is 1.38. The summed E-state index contributed by atoms with van der Waals surface area (Å²) < 4.78 is 0.890. The third kappa shape index (κ3) is 3.20. The number of rotatable bonds is 1. The van der Waals surface area contributed by atoms with Gasteiger partial charge < -0.3 is 10.1 Å². The van der Waals surface area contributed by atoms with Gasteiger partial charge in [-0.15, -0.1) is 0 Å². The lowest BCUT2D eigenvalue weighted by molar-refractivity contribution is 0.0733. The smallest absolute Gasteiger partial charge is 0.255 e. The van der Waals surface area contributed by atoms with Gasteiger partial charge in [-0.3, -0.25) is 4.79 Å². The van der Waals surface area contributed by atoms with Gasteiger partial charge in [0.1, 0.15) is 0 Å². The lowest BCUT2D eigenvalue weighted by atomic mass is 9.97. The second-order valence-electron chi connectivity index (χ2n) is 4.62. The zero-order valence-electron chi connectivity index (χ0n) is 10.4. The third-order valence-electron chi connectivity index (χ3n) is 3.28. The van der Waals surface area contributed by atoms with Crippen LogP contribution >= 0.6 is 34.2 Å². The molecule has 1 aliphatic rings. The summed E-state index contributed by atoms with van der Waals surface area (Å²) in [5.74, 6) is 0.0651. The summed E-state index contributed by atoms with van der Waals surface area (Å²) in [6.07, 6.45) is 0.612. The Bertz CT molecular complexity index is 533. The van der Waals surface area contributed by atoms with Crippen molar-refractivity contribution in [2.24, 2.45) is 11.1 Å². The van der Waals surface area contributed by atoms with Gasteiger partial charge in [0.15, 0.2) is 0 Å². The molecule has 0 aromatic heterocycles. The van der Waals surface area contributed by atoms with Crippen LogP contribution in [0.1, 0.15) is 23.7 Å². The lowest BCUT2D eigenvalue weighted by Gasteiger charge is -2.31. The van der Waals surface area contributed by atoms with Gasteiger partial charge in [-0.25, -0.2) is 0 Å². The molecule has 1 N–H and O–H groups in total. The van der Waals surface area contributed by atoms with E-state index in [0.29, 0.717) is 30.1 Å². The van der Waals surface area contributed by atoms with Crippen LogP contribution in [0.3, 0.4) is 0 Å². The Hall–Kier alpha value is -0.820. The number of halogens is 2. The molecule has 1 heterocycles. The molecule has 1 aromatic rings. The van der Waals surface area contributed by atoms with Crippen molar-refractivity contribution in [3.8, 4) is 0 Å². The van der Waals surface area contributed by atoms with Gasteiger partial charge in [-0.2, -0.15) is 0 Å². The molecule has 1 amide bonds. The summed E-state index contributed by atoms with van der Waals surface area (Å²) in [6.45, 7) is 3.10. The van der Waals surface area contributed by atoms with E-state index < -0.39 is 0 Å². The molecule has 6 heteroatoms. The lowest BCUT2D eigenvalue weighted by Crippen LogP contribution is -2.43. The van der Waals surface area contributed by atoms with E-state index in [9.17, 15) is 4.79 Å². The summed E-state index contributed by atoms with van der Waals surface area (Å²) in [6, 6.07) is 5.31. The molecular formula is C13H14ClIN2O2. The third-order valence-corrected chi connectivity index (χ3v) is 4.45. The predicted octanol–water partition coefficient (Wildman–Crippen LogP) is 3.26. The van der Waals surface area contributed by atoms with Gasteiger partial charge in [-0.1, -0.05) is 23.7 Å². The predicted molar refractivity (Wildman–Crippen MR) is 83.1 cm³/mol. The minimum absolute atomic E-state index is 0.0178. The Morgan fingerprint density at radius 1 is 1.58 bits per heavy atom. The molecule has 0 spiro atoms. The number of carbonyl (C=O) groups excluding carboxylic acids is 1. The maximum absolute atomic E-state index is 12.5. The number of piperidine rings is 1. The molecule has 0 bridgehead atoms. The molecule has 1 aromatic carbocycles. The number of likely N-dealkylation sites (tertiary alicyclic amines) is 1. The second kappa shape index (κ2) is 6.09. The van der Waals surface area contributed by atoms with Crippen LogP contribution in [0.4, 0.5) is 0 Å². The fourth-order valence-corrected chi connectivity index (χ4v) is 2.93. The Balaban J connectivity index is 2.19. The van der Waals surface area contributed by atoms with Crippen LogP contribution in [0.15, 0.2) is 23.4 Å². The number of hydrogen-bond acceptors (Lipinski definition) is 3. The van der Waals surface area contributed by atoms with Crippen LogP contribution in [-0.2, 0) is 0 Å². The fourth-order valence-electron chi connectivity index (χ4n) is 2.19. The fraction of sp³-hybridized carbons (Fsp3) is 0.385. The van der Waals surface area contributed by atoms with Crippen molar-refractivity contribution >= 4 is 45.8 Å². The van der Waals surface area contributed by atoms with Crippen LogP contribution in [0, 0.1) is 9.49 Å². The number of amides is 1. The number of hydrogen-bond donors (Lipinski definition) is 1. The molecular weight excluding hydrogens is 379 g/mol. The zero-order chi connectivity index (χ0) is 14.0. The van der Waals surface area contributed by atoms with Crippen molar-refractivity contribution in [3.05, 3.63) is 32.4 Å². The molecule has 1 unspecified atom stereocenters. The highest BCUT2D eigenvalue weighted by molar-refractivity contribution is 14.1. The standard InChI is InChI=1S/C13H14ClIN2O2/c1-8-7-17(5-4-12(8)16-19)13(18)10-6-9(14)2-3-11(10)15/h2-3,6,8,19H,4-5,7H2,1H3/b16-12+. The average molecular weight is 393 g/mol. The molecule has 1 atom stereocenters. The van der Waals surface area contributed by atoms with E-state index in [1.165, 1.54) is 0 Å². The monoisotopic (exact) mass is 392 g/mol. The van der Waals surface area contributed by atoms with Crippen molar-refractivity contribution in [2.45, 2.75) is 13.3 Å². The summed E-state index contributed by atoms with van der Waals surface area (Å²) in [4.78, 5) is 14.3. The quantitative estimate of drug-likeness (QED) is 0.453. The zero-order valence-corrected chi connectivity index (χ0v) is 13.3. The Morgan fingerprint density at radius 3 is 2.95 bits per heavy atom. The van der Waals surface area contributed by atoms with Crippen molar-refractivity contribution < 1.29 is 10.0 Å². The van der Waals surface area contributed by atoms with Crippen molar-refractivity contribution in [1.29, 1.82) is 0 Å². The first kappa shape index (κ1) is 14.6. The molecule has 2 rings (SSSR count). The van der Waals surface area contributed by atoms with E-state index in [0.717, 1.165) is 9.28 Å². The van der Waals surface area contributed by atoms with E-state index in [-0.39, 0.29) is 11.8 Å². The Morgan fingerprint density at radius 2 is 2.32 bits per heavy atom. The second-order valence-corrected chi connectivity index (χ2v) is 6.22. The number of carbonyl (C=O) groups is 1. The highest BCUT2D eigenvalue weighted by Gasteiger charge is 2.27. The van der Waals surface area contributed by atoms with E-state index in [1.54, 1.807) is 17.0 Å². The van der Waals surface area contributed by atoms with Crippen LogP contribution in [0.25, 0.3) is 0 Å². The minimum atomic E-state index is -0.0178. The molecule has 19 heavy (non-hydrogen) atoms. The van der Waals surface area contributed by atoms with E-state index in [2.05, 4.69) is 27.7 Å². The van der Waals surface area contributed by atoms with Gasteiger partial charge in [0.05, 0.1) is 11.3 Å². The first-order valence-electron chi connectivity index (χ1n) is 5.98. The van der Waals surface area contributed by atoms with Crippen LogP contribution in [0.5, 0.6) is 0 Å². The van der Waals surface area contributed by atoms with E-state index in [1.807, 2.05) is 13.0 Å². The van der Waals surface area contributed by atoms with Crippen LogP contribution in [-0.4, -0.2) is 34.8 Å². The molecule has 0 aliphatic carbocycles. The van der Waals surface area contributed by atoms with Gasteiger partial charge in [-0.05, 0) is 40.8 Å². The van der Waals surface area contributed by atoms with Crippen LogP contribution in [0.2, 0.25) is 5.02 Å². The first-order valence-corrected chi connectivity index (χ1v) is 7.43. The van der Waals surface area contributed by atoms with Gasteiger partial charge in [0, 0.05) is 34.0 Å². The van der Waals surface area contributed by atoms with Gasteiger partial charge in [0.25, 0.3) is 5.91 Å². The van der Waals surface area contributed by atoms with Crippen molar-refractivity contribution in [1.82, 2.24) is 4.90 Å².